The van der Waals surface area contributed by atoms with E-state index in [0.717, 1.165) is 18.5 Å². The van der Waals surface area contributed by atoms with Crippen molar-refractivity contribution in [2.24, 2.45) is 0 Å². The van der Waals surface area contributed by atoms with Crippen LogP contribution in [0.4, 0.5) is 0 Å². The maximum atomic E-state index is 13.2. The first-order chi connectivity index (χ1) is 20.2. The monoisotopic (exact) mass is 602 g/mol. The summed E-state index contributed by atoms with van der Waals surface area (Å²) in [5.74, 6) is 0.518. The number of likely N-dealkylation sites (tertiary alicyclic amines) is 2. The van der Waals surface area contributed by atoms with E-state index in [1.165, 1.54) is 37.3 Å². The molecule has 0 spiro atoms. The minimum absolute atomic E-state index is 0.0922. The fraction of sp³-hybridized carbons (Fsp3) is 0.613. The molecule has 2 aliphatic rings. The largest absolute Gasteiger partial charge is 0.497 e. The number of hydrogen-bond acceptors (Lipinski definition) is 8. The number of amides is 1. The lowest BCUT2D eigenvalue weighted by Crippen LogP contribution is -2.48. The number of nitrogens with zero attached hydrogens (tertiary/aromatic N) is 4. The van der Waals surface area contributed by atoms with Gasteiger partial charge in [-0.15, -0.1) is 0 Å². The van der Waals surface area contributed by atoms with E-state index in [9.17, 15) is 13.2 Å². The van der Waals surface area contributed by atoms with Crippen LogP contribution in [0, 0.1) is 13.8 Å². The van der Waals surface area contributed by atoms with Crippen molar-refractivity contribution in [1.29, 1.82) is 0 Å². The van der Waals surface area contributed by atoms with Crippen molar-refractivity contribution in [3.8, 4) is 5.75 Å². The predicted molar refractivity (Wildman–Crippen MR) is 161 cm³/mol. The van der Waals surface area contributed by atoms with Crippen LogP contribution in [0.25, 0.3) is 0 Å². The molecule has 0 atom stereocenters. The first-order valence-corrected chi connectivity index (χ1v) is 16.3. The Labute approximate surface area is 251 Å². The van der Waals surface area contributed by atoms with Crippen LogP contribution in [0.2, 0.25) is 0 Å². The molecule has 0 radical (unpaired) electrons. The SMILES string of the molecule is COc1cc(C)c(S(=O)(=O)N(C)CCOCC(=O)N2CCC(OCCCN3CCCC3)(c3cccnc3)CC2)c(C)c1. The summed E-state index contributed by atoms with van der Waals surface area (Å²) in [6.45, 7) is 8.89. The summed E-state index contributed by atoms with van der Waals surface area (Å²) < 4.78 is 45.2. The third-order valence-electron chi connectivity index (χ3n) is 8.42. The number of benzene rings is 1. The molecule has 232 valence electrons. The molecule has 0 aliphatic carbocycles. The molecule has 0 saturated carbocycles. The van der Waals surface area contributed by atoms with Crippen LogP contribution in [0.1, 0.15) is 48.8 Å². The van der Waals surface area contributed by atoms with Crippen molar-refractivity contribution in [2.75, 3.05) is 73.2 Å². The topological polar surface area (TPSA) is 102 Å². The normalized spacial score (nSPS) is 17.6. The van der Waals surface area contributed by atoms with Crippen molar-refractivity contribution >= 4 is 15.9 Å². The highest BCUT2D eigenvalue weighted by atomic mass is 32.2. The summed E-state index contributed by atoms with van der Waals surface area (Å²) >= 11 is 0. The van der Waals surface area contributed by atoms with Gasteiger partial charge < -0.3 is 24.0 Å². The minimum Gasteiger partial charge on any atom is -0.497 e. The maximum absolute atomic E-state index is 13.2. The van der Waals surface area contributed by atoms with Gasteiger partial charge in [-0.2, -0.15) is 4.31 Å². The third-order valence-corrected chi connectivity index (χ3v) is 10.6. The Bertz CT molecular complexity index is 1250. The number of pyridine rings is 1. The van der Waals surface area contributed by atoms with Crippen LogP contribution < -0.4 is 4.74 Å². The predicted octanol–water partition coefficient (Wildman–Crippen LogP) is 3.36. The smallest absolute Gasteiger partial charge is 0.248 e. The van der Waals surface area contributed by atoms with E-state index >= 15 is 0 Å². The second-order valence-corrected chi connectivity index (χ2v) is 13.3. The van der Waals surface area contributed by atoms with Crippen LogP contribution >= 0.6 is 0 Å². The molecule has 11 heteroatoms. The van der Waals surface area contributed by atoms with E-state index in [1.54, 1.807) is 39.3 Å². The number of carbonyl (C=O) groups excluding carboxylic acids is 1. The van der Waals surface area contributed by atoms with Gasteiger partial charge in [-0.05, 0) is 88.4 Å². The number of likely N-dealkylation sites (N-methyl/N-ethyl adjacent to an activating group) is 1. The van der Waals surface area contributed by atoms with Crippen LogP contribution in [-0.2, 0) is 29.9 Å². The second kappa shape index (κ2) is 14.7. The highest BCUT2D eigenvalue weighted by Crippen LogP contribution is 2.37. The molecule has 1 aromatic carbocycles. The minimum atomic E-state index is -3.72. The number of ether oxygens (including phenoxy) is 3. The molecule has 4 rings (SSSR count). The zero-order valence-electron chi connectivity index (χ0n) is 25.5. The number of rotatable bonds is 14. The summed E-state index contributed by atoms with van der Waals surface area (Å²) in [5.41, 5.74) is 1.85. The molecule has 2 aromatic rings. The van der Waals surface area contributed by atoms with Gasteiger partial charge in [-0.25, -0.2) is 8.42 Å². The third kappa shape index (κ3) is 7.87. The number of sulfonamides is 1. The lowest BCUT2D eigenvalue weighted by Gasteiger charge is -2.42. The average Bonchev–Trinajstić information content (AvgIpc) is 3.51. The van der Waals surface area contributed by atoms with Crippen molar-refractivity contribution in [3.63, 3.8) is 0 Å². The van der Waals surface area contributed by atoms with Crippen molar-refractivity contribution in [3.05, 3.63) is 53.3 Å². The standard InChI is InChI=1S/C31H46N4O6S/c1-25-21-28(39-4)22-26(2)30(25)42(37,38)33(3)18-20-40-24-29(36)35-16-10-31(11-17-35,27-9-7-12-32-23-27)41-19-8-15-34-13-5-6-14-34/h7,9,12,21-23H,5-6,8,10-11,13-20,24H2,1-4H3. The molecule has 42 heavy (non-hydrogen) atoms. The summed E-state index contributed by atoms with van der Waals surface area (Å²) in [6.07, 6.45) is 8.58. The first kappa shape index (κ1) is 32.3. The first-order valence-electron chi connectivity index (χ1n) is 14.9. The average molecular weight is 603 g/mol. The summed E-state index contributed by atoms with van der Waals surface area (Å²) in [7, 11) is -0.640. The Kier molecular flexibility index (Phi) is 11.4. The Hall–Kier alpha value is -2.57. The van der Waals surface area contributed by atoms with E-state index < -0.39 is 15.6 Å². The molecular formula is C31H46N4O6S. The van der Waals surface area contributed by atoms with Gasteiger partial charge in [0.1, 0.15) is 12.4 Å². The fourth-order valence-electron chi connectivity index (χ4n) is 5.98. The zero-order chi connectivity index (χ0) is 30.2. The molecule has 2 aliphatic heterocycles. The molecule has 1 aromatic heterocycles. The molecule has 2 fully saturated rings. The molecule has 0 bridgehead atoms. The van der Waals surface area contributed by atoms with Gasteiger partial charge in [0.15, 0.2) is 0 Å². The molecule has 1 amide bonds. The molecule has 0 N–H and O–H groups in total. The maximum Gasteiger partial charge on any atom is 0.248 e. The summed E-state index contributed by atoms with van der Waals surface area (Å²) in [6, 6.07) is 7.42. The van der Waals surface area contributed by atoms with Gasteiger partial charge >= 0.3 is 0 Å². The summed E-state index contributed by atoms with van der Waals surface area (Å²) in [5, 5.41) is 0. The van der Waals surface area contributed by atoms with Crippen molar-refractivity contribution in [1.82, 2.24) is 19.1 Å². The number of methoxy groups -OCH3 is 1. The second-order valence-electron chi connectivity index (χ2n) is 11.3. The molecular weight excluding hydrogens is 556 g/mol. The Morgan fingerprint density at radius 1 is 1.07 bits per heavy atom. The van der Waals surface area contributed by atoms with Crippen LogP contribution in [0.15, 0.2) is 41.6 Å². The summed E-state index contributed by atoms with van der Waals surface area (Å²) in [4.78, 5) is 21.9. The van der Waals surface area contributed by atoms with Crippen LogP contribution in [0.5, 0.6) is 5.75 Å². The van der Waals surface area contributed by atoms with E-state index in [2.05, 4.69) is 16.0 Å². The van der Waals surface area contributed by atoms with Gasteiger partial charge in [-0.3, -0.25) is 9.78 Å². The number of hydrogen-bond donors (Lipinski definition) is 0. The van der Waals surface area contributed by atoms with Gasteiger partial charge in [0.25, 0.3) is 0 Å². The highest BCUT2D eigenvalue weighted by Gasteiger charge is 2.38. The number of aryl methyl sites for hydroxylation is 2. The fourth-order valence-corrected chi connectivity index (χ4v) is 7.54. The number of carbonyl (C=O) groups is 1. The number of aromatic nitrogens is 1. The van der Waals surface area contributed by atoms with E-state index in [-0.39, 0.29) is 30.6 Å². The van der Waals surface area contributed by atoms with Gasteiger partial charge in [0.2, 0.25) is 15.9 Å². The number of piperidine rings is 1. The van der Waals surface area contributed by atoms with Crippen LogP contribution in [0.3, 0.4) is 0 Å². The Morgan fingerprint density at radius 3 is 2.38 bits per heavy atom. The Balaban J connectivity index is 1.25. The van der Waals surface area contributed by atoms with E-state index in [1.807, 2.05) is 17.2 Å². The molecule has 3 heterocycles. The molecule has 10 nitrogen and oxygen atoms in total. The molecule has 2 saturated heterocycles. The van der Waals surface area contributed by atoms with Crippen molar-refractivity contribution in [2.45, 2.75) is 56.4 Å². The lowest BCUT2D eigenvalue weighted by molar-refractivity contribution is -0.144. The van der Waals surface area contributed by atoms with Gasteiger partial charge in [0, 0.05) is 57.8 Å². The lowest BCUT2D eigenvalue weighted by atomic mass is 9.85. The van der Waals surface area contributed by atoms with Gasteiger partial charge in [0.05, 0.1) is 24.2 Å². The van der Waals surface area contributed by atoms with Gasteiger partial charge in [-0.1, -0.05) is 6.07 Å². The Morgan fingerprint density at radius 2 is 1.76 bits per heavy atom. The van der Waals surface area contributed by atoms with E-state index in [0.29, 0.717) is 49.4 Å². The quantitative estimate of drug-likeness (QED) is 0.304. The van der Waals surface area contributed by atoms with E-state index in [4.69, 9.17) is 14.2 Å². The molecule has 0 unspecified atom stereocenters. The highest BCUT2D eigenvalue weighted by molar-refractivity contribution is 7.89. The van der Waals surface area contributed by atoms with Crippen molar-refractivity contribution < 1.29 is 27.4 Å². The van der Waals surface area contributed by atoms with Crippen LogP contribution in [-0.4, -0.2) is 107 Å². The zero-order valence-corrected chi connectivity index (χ0v) is 26.3.